The molecule has 1 aromatic heterocycles. The van der Waals surface area contributed by atoms with Gasteiger partial charge in [-0.05, 0) is 6.42 Å². The Kier molecular flexibility index (Phi) is 6.18. The second kappa shape index (κ2) is 7.43. The van der Waals surface area contributed by atoms with Crippen molar-refractivity contribution >= 4 is 38.4 Å². The topological polar surface area (TPSA) is 138 Å². The fourth-order valence-electron chi connectivity index (χ4n) is 1.45. The number of sulfonamides is 1. The van der Waals surface area contributed by atoms with Crippen LogP contribution in [0.4, 0.5) is 5.13 Å². The number of aliphatic carboxylic acids is 1. The molecule has 0 spiro atoms. The highest BCUT2D eigenvalue weighted by Gasteiger charge is 2.24. The van der Waals surface area contributed by atoms with Crippen molar-refractivity contribution in [1.29, 1.82) is 0 Å². The van der Waals surface area contributed by atoms with Gasteiger partial charge in [0.15, 0.2) is 0 Å². The number of carboxylic acids is 1. The number of hydrogen-bond donors (Lipinski definition) is 3. The molecule has 21 heavy (non-hydrogen) atoms. The quantitative estimate of drug-likeness (QED) is 0.579. The van der Waals surface area contributed by atoms with Gasteiger partial charge in [-0.15, -0.1) is 10.2 Å². The zero-order chi connectivity index (χ0) is 16.0. The van der Waals surface area contributed by atoms with Crippen molar-refractivity contribution in [2.45, 2.75) is 31.0 Å². The van der Waals surface area contributed by atoms with Crippen molar-refractivity contribution < 1.29 is 23.1 Å². The maximum Gasteiger partial charge on any atom is 0.307 e. The summed E-state index contributed by atoms with van der Waals surface area (Å²) < 4.78 is 25.8. The Morgan fingerprint density at radius 1 is 1.38 bits per heavy atom. The van der Waals surface area contributed by atoms with Gasteiger partial charge in [-0.2, -0.15) is 0 Å². The van der Waals surface area contributed by atoms with E-state index < -0.39 is 27.8 Å². The van der Waals surface area contributed by atoms with Gasteiger partial charge >= 0.3 is 5.97 Å². The molecule has 1 amide bonds. The molecular formula is C10H16N4O5S2. The molecule has 0 saturated heterocycles. The van der Waals surface area contributed by atoms with E-state index >= 15 is 0 Å². The van der Waals surface area contributed by atoms with Crippen molar-refractivity contribution in [3.8, 4) is 0 Å². The molecule has 0 saturated carbocycles. The minimum Gasteiger partial charge on any atom is -0.481 e. The molecule has 0 aliphatic rings. The molecule has 1 rings (SSSR count). The molecule has 9 nitrogen and oxygen atoms in total. The standard InChI is InChI=1S/C10H16N4O5S2/c1-3-4-7(8(16)17)5-11-21(18,19)10-14-13-9(20-10)12-6(2)15/h7,11H,3-5H2,1-2H3,(H,16,17)(H,12,13,15). The zero-order valence-corrected chi connectivity index (χ0v) is 13.1. The SMILES string of the molecule is CCCC(CNS(=O)(=O)c1nnc(NC(C)=O)s1)C(=O)O. The van der Waals surface area contributed by atoms with E-state index in [9.17, 15) is 18.0 Å². The van der Waals surface area contributed by atoms with Crippen LogP contribution in [0.2, 0.25) is 0 Å². The fourth-order valence-corrected chi connectivity index (χ4v) is 3.52. The van der Waals surface area contributed by atoms with Crippen molar-refractivity contribution in [2.75, 3.05) is 11.9 Å². The maximum atomic E-state index is 12.0. The highest BCUT2D eigenvalue weighted by atomic mass is 32.2. The molecule has 0 bridgehead atoms. The van der Waals surface area contributed by atoms with Crippen molar-refractivity contribution in [2.24, 2.45) is 5.92 Å². The van der Waals surface area contributed by atoms with Gasteiger partial charge in [0.25, 0.3) is 10.0 Å². The number of aromatic nitrogens is 2. The minimum atomic E-state index is -3.94. The summed E-state index contributed by atoms with van der Waals surface area (Å²) in [5, 5.41) is 18.3. The number of rotatable bonds is 8. The molecule has 0 aliphatic carbocycles. The normalized spacial score (nSPS) is 12.9. The molecule has 0 fully saturated rings. The Labute approximate surface area is 125 Å². The van der Waals surface area contributed by atoms with E-state index in [1.807, 2.05) is 6.92 Å². The number of carbonyl (C=O) groups is 2. The third-order valence-electron chi connectivity index (χ3n) is 2.43. The summed E-state index contributed by atoms with van der Waals surface area (Å²) in [6.07, 6.45) is 0.995. The summed E-state index contributed by atoms with van der Waals surface area (Å²) in [6.45, 7) is 2.85. The molecule has 0 radical (unpaired) electrons. The lowest BCUT2D eigenvalue weighted by Crippen LogP contribution is -2.32. The first-order valence-corrected chi connectivity index (χ1v) is 8.39. The lowest BCUT2D eigenvalue weighted by Gasteiger charge is -2.11. The van der Waals surface area contributed by atoms with Crippen LogP contribution in [0.1, 0.15) is 26.7 Å². The molecular weight excluding hydrogens is 320 g/mol. The van der Waals surface area contributed by atoms with Crippen LogP contribution >= 0.6 is 11.3 Å². The largest absolute Gasteiger partial charge is 0.481 e. The van der Waals surface area contributed by atoms with Crippen molar-refractivity contribution in [3.05, 3.63) is 0 Å². The Morgan fingerprint density at radius 3 is 2.57 bits per heavy atom. The predicted molar refractivity (Wildman–Crippen MR) is 75.4 cm³/mol. The summed E-state index contributed by atoms with van der Waals surface area (Å²) in [7, 11) is -3.94. The first-order valence-electron chi connectivity index (χ1n) is 6.09. The number of carboxylic acid groups (broad SMARTS) is 1. The molecule has 1 aromatic rings. The predicted octanol–water partition coefficient (Wildman–Crippen LogP) is 0.276. The summed E-state index contributed by atoms with van der Waals surface area (Å²) in [4.78, 5) is 21.8. The summed E-state index contributed by atoms with van der Waals surface area (Å²) in [5.74, 6) is -2.25. The van der Waals surface area contributed by atoms with Gasteiger partial charge in [0.1, 0.15) is 0 Å². The third kappa shape index (κ3) is 5.36. The minimum absolute atomic E-state index is 0.0613. The highest BCUT2D eigenvalue weighted by molar-refractivity contribution is 7.91. The van der Waals surface area contributed by atoms with Gasteiger partial charge in [-0.25, -0.2) is 13.1 Å². The van der Waals surface area contributed by atoms with Crippen LogP contribution < -0.4 is 10.0 Å². The zero-order valence-electron chi connectivity index (χ0n) is 11.5. The average Bonchev–Trinajstić information content (AvgIpc) is 2.82. The van der Waals surface area contributed by atoms with Crippen LogP contribution in [-0.2, 0) is 19.6 Å². The Hall–Kier alpha value is -1.59. The first kappa shape index (κ1) is 17.5. The van der Waals surface area contributed by atoms with Crippen LogP contribution in [0.5, 0.6) is 0 Å². The smallest absolute Gasteiger partial charge is 0.307 e. The van der Waals surface area contributed by atoms with E-state index in [0.29, 0.717) is 24.2 Å². The number of hydrogen-bond acceptors (Lipinski definition) is 7. The summed E-state index contributed by atoms with van der Waals surface area (Å²) in [6, 6.07) is 0. The van der Waals surface area contributed by atoms with E-state index in [1.54, 1.807) is 0 Å². The number of nitrogens with one attached hydrogen (secondary N) is 2. The Bertz CT molecular complexity index is 613. The van der Waals surface area contributed by atoms with Crippen LogP contribution in [0.15, 0.2) is 4.34 Å². The molecule has 1 unspecified atom stereocenters. The van der Waals surface area contributed by atoms with Crippen LogP contribution in [0.3, 0.4) is 0 Å². The molecule has 3 N–H and O–H groups in total. The number of anilines is 1. The van der Waals surface area contributed by atoms with Crippen LogP contribution in [0.25, 0.3) is 0 Å². The van der Waals surface area contributed by atoms with E-state index in [1.165, 1.54) is 6.92 Å². The highest BCUT2D eigenvalue weighted by Crippen LogP contribution is 2.19. The van der Waals surface area contributed by atoms with Gasteiger partial charge in [0.2, 0.25) is 15.4 Å². The molecule has 11 heteroatoms. The summed E-state index contributed by atoms with van der Waals surface area (Å²) in [5.41, 5.74) is 0. The van der Waals surface area contributed by atoms with Crippen LogP contribution in [0, 0.1) is 5.92 Å². The van der Waals surface area contributed by atoms with Crippen molar-refractivity contribution in [3.63, 3.8) is 0 Å². The second-order valence-corrected chi connectivity index (χ2v) is 7.15. The molecule has 0 aromatic carbocycles. The van der Waals surface area contributed by atoms with Gasteiger partial charge in [-0.1, -0.05) is 24.7 Å². The number of carbonyl (C=O) groups excluding carboxylic acids is 1. The van der Waals surface area contributed by atoms with E-state index in [4.69, 9.17) is 5.11 Å². The maximum absolute atomic E-state index is 12.0. The lowest BCUT2D eigenvalue weighted by molar-refractivity contribution is -0.141. The fraction of sp³-hybridized carbons (Fsp3) is 0.600. The monoisotopic (exact) mass is 336 g/mol. The lowest BCUT2D eigenvalue weighted by atomic mass is 10.1. The van der Waals surface area contributed by atoms with Gasteiger partial charge in [0, 0.05) is 13.5 Å². The van der Waals surface area contributed by atoms with E-state index in [-0.39, 0.29) is 16.0 Å². The van der Waals surface area contributed by atoms with Gasteiger partial charge in [-0.3, -0.25) is 9.59 Å². The van der Waals surface area contributed by atoms with E-state index in [0.717, 1.165) is 0 Å². The second-order valence-electron chi connectivity index (χ2n) is 4.23. The van der Waals surface area contributed by atoms with E-state index in [2.05, 4.69) is 20.2 Å². The van der Waals surface area contributed by atoms with Crippen LogP contribution in [-0.4, -0.2) is 42.1 Å². The van der Waals surface area contributed by atoms with Gasteiger partial charge < -0.3 is 10.4 Å². The van der Waals surface area contributed by atoms with Crippen molar-refractivity contribution in [1.82, 2.24) is 14.9 Å². The Balaban J connectivity index is 2.74. The Morgan fingerprint density at radius 2 is 2.05 bits per heavy atom. The number of amides is 1. The third-order valence-corrected chi connectivity index (χ3v) is 5.06. The van der Waals surface area contributed by atoms with Gasteiger partial charge in [0.05, 0.1) is 5.92 Å². The molecule has 118 valence electrons. The number of nitrogens with zero attached hydrogens (tertiary/aromatic N) is 2. The summed E-state index contributed by atoms with van der Waals surface area (Å²) >= 11 is 0.690. The molecule has 1 heterocycles. The first-order chi connectivity index (χ1) is 9.76. The molecule has 0 aliphatic heterocycles. The average molecular weight is 336 g/mol. The molecule has 1 atom stereocenters.